The Balaban J connectivity index is 2.25. The number of hydrogen-bond acceptors (Lipinski definition) is 2. The van der Waals surface area contributed by atoms with Crippen LogP contribution in [-0.2, 0) is 6.61 Å². The first-order chi connectivity index (χ1) is 9.69. The molecule has 0 fully saturated rings. The van der Waals surface area contributed by atoms with Gasteiger partial charge in [-0.2, -0.15) is 0 Å². The van der Waals surface area contributed by atoms with Crippen molar-refractivity contribution in [1.82, 2.24) is 4.98 Å². The predicted molar refractivity (Wildman–Crippen MR) is 80.7 cm³/mol. The molecule has 2 N–H and O–H groups in total. The van der Waals surface area contributed by atoms with Crippen LogP contribution in [0.1, 0.15) is 11.1 Å². The van der Waals surface area contributed by atoms with Gasteiger partial charge in [0.25, 0.3) is 0 Å². The normalized spacial score (nSPS) is 10.9. The Labute approximate surface area is 116 Å². The van der Waals surface area contributed by atoms with Crippen LogP contribution in [0.2, 0.25) is 0 Å². The van der Waals surface area contributed by atoms with E-state index in [2.05, 4.69) is 11.1 Å². The topological polar surface area (TPSA) is 53.1 Å². The van der Waals surface area contributed by atoms with E-state index in [0.29, 0.717) is 0 Å². The predicted octanol–water partition coefficient (Wildman–Crippen LogP) is 3.00. The zero-order valence-electron chi connectivity index (χ0n) is 11.2. The summed E-state index contributed by atoms with van der Waals surface area (Å²) in [6.45, 7) is 1.94. The fourth-order valence-corrected chi connectivity index (χ4v) is 2.53. The number of benzene rings is 2. The monoisotopic (exact) mass is 265 g/mol. The molecule has 0 aliphatic heterocycles. The van der Waals surface area contributed by atoms with Crippen molar-refractivity contribution in [3.05, 3.63) is 70.0 Å². The van der Waals surface area contributed by atoms with Crippen molar-refractivity contribution in [2.75, 3.05) is 0 Å². The van der Waals surface area contributed by atoms with Crippen LogP contribution >= 0.6 is 0 Å². The van der Waals surface area contributed by atoms with Crippen molar-refractivity contribution in [2.45, 2.75) is 13.5 Å². The summed E-state index contributed by atoms with van der Waals surface area (Å²) in [5, 5.41) is 10.5. The number of aromatic nitrogens is 1. The van der Waals surface area contributed by atoms with Gasteiger partial charge in [-0.3, -0.25) is 4.79 Å². The van der Waals surface area contributed by atoms with Gasteiger partial charge < -0.3 is 10.1 Å². The lowest BCUT2D eigenvalue weighted by Gasteiger charge is -2.09. The highest BCUT2D eigenvalue weighted by Crippen LogP contribution is 2.27. The first-order valence-electron chi connectivity index (χ1n) is 6.52. The zero-order chi connectivity index (χ0) is 14.1. The second kappa shape index (κ2) is 4.94. The van der Waals surface area contributed by atoms with Gasteiger partial charge in [0.1, 0.15) is 0 Å². The molecule has 0 radical (unpaired) electrons. The van der Waals surface area contributed by atoms with Crippen LogP contribution < -0.4 is 5.56 Å². The minimum Gasteiger partial charge on any atom is -0.392 e. The van der Waals surface area contributed by atoms with E-state index in [4.69, 9.17) is 0 Å². The summed E-state index contributed by atoms with van der Waals surface area (Å²) >= 11 is 0. The van der Waals surface area contributed by atoms with Gasteiger partial charge in [-0.05, 0) is 41.3 Å². The fourth-order valence-electron chi connectivity index (χ4n) is 2.53. The number of aromatic amines is 1. The highest BCUT2D eigenvalue weighted by atomic mass is 16.3. The van der Waals surface area contributed by atoms with E-state index in [0.717, 1.165) is 33.2 Å². The van der Waals surface area contributed by atoms with Gasteiger partial charge in [0.05, 0.1) is 6.61 Å². The van der Waals surface area contributed by atoms with Crippen LogP contribution in [0.5, 0.6) is 0 Å². The number of aliphatic hydroxyl groups excluding tert-OH is 1. The lowest BCUT2D eigenvalue weighted by molar-refractivity contribution is 0.282. The minimum absolute atomic E-state index is 0.0127. The molecular weight excluding hydrogens is 250 g/mol. The number of aliphatic hydroxyl groups is 1. The van der Waals surface area contributed by atoms with Crippen molar-refractivity contribution >= 4 is 10.9 Å². The Morgan fingerprint density at radius 1 is 1.10 bits per heavy atom. The zero-order valence-corrected chi connectivity index (χ0v) is 11.2. The van der Waals surface area contributed by atoms with E-state index in [9.17, 15) is 9.90 Å². The van der Waals surface area contributed by atoms with Crippen molar-refractivity contribution in [2.24, 2.45) is 0 Å². The quantitative estimate of drug-likeness (QED) is 0.748. The molecule has 3 rings (SSSR count). The molecule has 0 spiro atoms. The first kappa shape index (κ1) is 12.6. The number of nitrogens with one attached hydrogen (secondary N) is 1. The molecule has 0 amide bonds. The molecule has 0 unspecified atom stereocenters. The summed E-state index contributed by atoms with van der Waals surface area (Å²) in [6.07, 6.45) is 0. The molecule has 0 aliphatic carbocycles. The van der Waals surface area contributed by atoms with Crippen molar-refractivity contribution in [3.8, 4) is 11.1 Å². The third-order valence-electron chi connectivity index (χ3n) is 3.55. The summed E-state index contributed by atoms with van der Waals surface area (Å²) in [5.74, 6) is 0. The molecule has 20 heavy (non-hydrogen) atoms. The molecule has 1 aromatic heterocycles. The Bertz CT molecular complexity index is 834. The SMILES string of the molecule is Cc1cc(=O)[nH]c2ccc(-c3ccccc3CO)cc12. The van der Waals surface area contributed by atoms with Crippen LogP contribution in [0.3, 0.4) is 0 Å². The van der Waals surface area contributed by atoms with E-state index in [-0.39, 0.29) is 12.2 Å². The summed E-state index contributed by atoms with van der Waals surface area (Å²) in [6, 6.07) is 15.3. The number of hydrogen-bond donors (Lipinski definition) is 2. The Morgan fingerprint density at radius 2 is 1.90 bits per heavy atom. The summed E-state index contributed by atoms with van der Waals surface area (Å²) in [5.41, 5.74) is 4.65. The number of pyridine rings is 1. The molecule has 0 bridgehead atoms. The van der Waals surface area contributed by atoms with E-state index in [1.165, 1.54) is 0 Å². The lowest BCUT2D eigenvalue weighted by Crippen LogP contribution is -2.04. The third kappa shape index (κ3) is 2.12. The van der Waals surface area contributed by atoms with E-state index in [1.807, 2.05) is 43.3 Å². The van der Waals surface area contributed by atoms with Crippen LogP contribution in [0.25, 0.3) is 22.0 Å². The average molecular weight is 265 g/mol. The van der Waals surface area contributed by atoms with E-state index >= 15 is 0 Å². The molecular formula is C17H15NO2. The van der Waals surface area contributed by atoms with Gasteiger partial charge >= 0.3 is 0 Å². The number of H-pyrrole nitrogens is 1. The van der Waals surface area contributed by atoms with Crippen LogP contribution in [0.15, 0.2) is 53.3 Å². The second-order valence-corrected chi connectivity index (χ2v) is 4.89. The largest absolute Gasteiger partial charge is 0.392 e. The number of rotatable bonds is 2. The van der Waals surface area contributed by atoms with Crippen molar-refractivity contribution in [1.29, 1.82) is 0 Å². The molecule has 1 heterocycles. The van der Waals surface area contributed by atoms with Crippen molar-refractivity contribution in [3.63, 3.8) is 0 Å². The Morgan fingerprint density at radius 3 is 2.70 bits per heavy atom. The maximum absolute atomic E-state index is 11.5. The van der Waals surface area contributed by atoms with Gasteiger partial charge in [0.2, 0.25) is 5.56 Å². The fraction of sp³-hybridized carbons (Fsp3) is 0.118. The van der Waals surface area contributed by atoms with Gasteiger partial charge in [-0.15, -0.1) is 0 Å². The summed E-state index contributed by atoms with van der Waals surface area (Å²) in [4.78, 5) is 14.3. The van der Waals surface area contributed by atoms with Crippen LogP contribution in [-0.4, -0.2) is 10.1 Å². The van der Waals surface area contributed by atoms with Gasteiger partial charge in [-0.1, -0.05) is 30.3 Å². The molecule has 0 atom stereocenters. The highest BCUT2D eigenvalue weighted by Gasteiger charge is 2.06. The smallest absolute Gasteiger partial charge is 0.248 e. The summed E-state index contributed by atoms with van der Waals surface area (Å²) in [7, 11) is 0. The molecule has 3 aromatic rings. The van der Waals surface area contributed by atoms with Gasteiger partial charge in [0.15, 0.2) is 0 Å². The van der Waals surface area contributed by atoms with Crippen LogP contribution in [0, 0.1) is 6.92 Å². The Kier molecular flexibility index (Phi) is 3.12. The minimum atomic E-state index is -0.0847. The molecule has 3 heteroatoms. The summed E-state index contributed by atoms with van der Waals surface area (Å²) < 4.78 is 0. The van der Waals surface area contributed by atoms with Crippen LogP contribution in [0.4, 0.5) is 0 Å². The molecule has 2 aromatic carbocycles. The van der Waals surface area contributed by atoms with Gasteiger partial charge in [0, 0.05) is 17.0 Å². The number of fused-ring (bicyclic) bond motifs is 1. The lowest BCUT2D eigenvalue weighted by atomic mass is 9.97. The van der Waals surface area contributed by atoms with E-state index < -0.39 is 0 Å². The molecule has 3 nitrogen and oxygen atoms in total. The van der Waals surface area contributed by atoms with Crippen molar-refractivity contribution < 1.29 is 5.11 Å². The third-order valence-corrected chi connectivity index (χ3v) is 3.55. The molecule has 0 aliphatic rings. The highest BCUT2D eigenvalue weighted by molar-refractivity contribution is 5.87. The molecule has 100 valence electrons. The molecule has 0 saturated carbocycles. The maximum atomic E-state index is 11.5. The first-order valence-corrected chi connectivity index (χ1v) is 6.52. The Hall–Kier alpha value is -2.39. The maximum Gasteiger partial charge on any atom is 0.248 e. The standard InChI is InChI=1S/C17H15NO2/c1-11-8-17(20)18-16-7-6-12(9-15(11)16)14-5-3-2-4-13(14)10-19/h2-9,19H,10H2,1H3,(H,18,20). The van der Waals surface area contributed by atoms with E-state index in [1.54, 1.807) is 6.07 Å². The molecule has 0 saturated heterocycles. The van der Waals surface area contributed by atoms with Gasteiger partial charge in [-0.25, -0.2) is 0 Å². The second-order valence-electron chi connectivity index (χ2n) is 4.89. The average Bonchev–Trinajstić information content (AvgIpc) is 2.47. The number of aryl methyl sites for hydroxylation is 1.